The molecule has 0 bridgehead atoms. The highest BCUT2D eigenvalue weighted by atomic mass is 16.4. The molecule has 0 spiro atoms. The minimum atomic E-state index is -0.914. The zero-order valence-electron chi connectivity index (χ0n) is 13.6. The van der Waals surface area contributed by atoms with Crippen LogP contribution in [-0.4, -0.2) is 44.4 Å². The summed E-state index contributed by atoms with van der Waals surface area (Å²) >= 11 is 0. The van der Waals surface area contributed by atoms with Gasteiger partial charge in [-0.05, 0) is 37.0 Å². The number of hydrogen-bond donors (Lipinski definition) is 1. The van der Waals surface area contributed by atoms with Gasteiger partial charge in [0.05, 0.1) is 5.92 Å². The molecule has 7 nitrogen and oxygen atoms in total. The summed E-state index contributed by atoms with van der Waals surface area (Å²) in [7, 11) is 0. The van der Waals surface area contributed by atoms with Crippen molar-refractivity contribution in [3.05, 3.63) is 46.0 Å². The van der Waals surface area contributed by atoms with E-state index in [0.29, 0.717) is 18.6 Å². The number of carbonyl (C=O) groups excluding carboxylic acids is 1. The molecule has 1 aliphatic heterocycles. The van der Waals surface area contributed by atoms with Crippen LogP contribution in [0.3, 0.4) is 0 Å². The summed E-state index contributed by atoms with van der Waals surface area (Å²) in [4.78, 5) is 42.2. The lowest BCUT2D eigenvalue weighted by molar-refractivity contribution is -0.143. The molecule has 1 saturated heterocycles. The first-order chi connectivity index (χ1) is 11.4. The largest absolute Gasteiger partial charge is 0.481 e. The molecule has 0 saturated carbocycles. The second kappa shape index (κ2) is 6.07. The van der Waals surface area contributed by atoms with Gasteiger partial charge in [0.2, 0.25) is 0 Å². The molecule has 7 heteroatoms. The first-order valence-electron chi connectivity index (χ1n) is 7.87. The lowest BCUT2D eigenvalue weighted by atomic mass is 9.90. The number of carboxylic acids is 1. The van der Waals surface area contributed by atoms with Crippen LogP contribution in [0.1, 0.15) is 29.3 Å². The minimum Gasteiger partial charge on any atom is -0.481 e. The van der Waals surface area contributed by atoms with E-state index in [2.05, 4.69) is 4.98 Å². The molecule has 0 aromatic carbocycles. The van der Waals surface area contributed by atoms with Gasteiger partial charge in [-0.3, -0.25) is 18.8 Å². The van der Waals surface area contributed by atoms with E-state index in [9.17, 15) is 19.5 Å². The van der Waals surface area contributed by atoms with Gasteiger partial charge < -0.3 is 10.0 Å². The maximum absolute atomic E-state index is 12.7. The number of likely N-dealkylation sites (tertiary alicyclic amines) is 1. The van der Waals surface area contributed by atoms with Crippen molar-refractivity contribution in [2.45, 2.75) is 20.3 Å². The number of piperidine rings is 1. The molecule has 1 fully saturated rings. The van der Waals surface area contributed by atoms with Crippen LogP contribution in [-0.2, 0) is 4.79 Å². The molecule has 3 heterocycles. The smallest absolute Gasteiger partial charge is 0.308 e. The molecule has 2 unspecified atom stereocenters. The normalized spacial score (nSPS) is 21.0. The average molecular weight is 329 g/mol. The number of aryl methyl sites for hydroxylation is 1. The first kappa shape index (κ1) is 16.2. The highest BCUT2D eigenvalue weighted by Crippen LogP contribution is 2.22. The summed E-state index contributed by atoms with van der Waals surface area (Å²) in [5, 5.41) is 9.23. The Labute approximate surface area is 138 Å². The molecule has 1 amide bonds. The Bertz CT molecular complexity index is 874. The molecule has 2 aromatic rings. The van der Waals surface area contributed by atoms with Crippen LogP contribution in [0.15, 0.2) is 29.3 Å². The van der Waals surface area contributed by atoms with Crippen LogP contribution in [0.2, 0.25) is 0 Å². The lowest BCUT2D eigenvalue weighted by Crippen LogP contribution is -2.47. The van der Waals surface area contributed by atoms with E-state index in [4.69, 9.17) is 0 Å². The van der Waals surface area contributed by atoms with E-state index >= 15 is 0 Å². The molecular formula is C17H19N3O4. The van der Waals surface area contributed by atoms with Crippen molar-refractivity contribution in [1.82, 2.24) is 14.3 Å². The second-order valence-electron chi connectivity index (χ2n) is 6.50. The zero-order chi connectivity index (χ0) is 17.4. The van der Waals surface area contributed by atoms with Crippen LogP contribution < -0.4 is 5.56 Å². The Kier molecular flexibility index (Phi) is 4.09. The van der Waals surface area contributed by atoms with E-state index in [1.807, 2.05) is 13.8 Å². The van der Waals surface area contributed by atoms with Gasteiger partial charge in [0.15, 0.2) is 0 Å². The van der Waals surface area contributed by atoms with Gasteiger partial charge in [-0.25, -0.2) is 4.98 Å². The molecular weight excluding hydrogens is 310 g/mol. The molecule has 0 aliphatic carbocycles. The number of aliphatic carboxylic acids is 1. The predicted molar refractivity (Wildman–Crippen MR) is 87.0 cm³/mol. The van der Waals surface area contributed by atoms with Crippen molar-refractivity contribution in [1.29, 1.82) is 0 Å². The number of rotatable bonds is 2. The topological polar surface area (TPSA) is 92.0 Å². The number of hydrogen-bond acceptors (Lipinski definition) is 4. The zero-order valence-corrected chi connectivity index (χ0v) is 13.6. The third-order valence-corrected chi connectivity index (χ3v) is 4.39. The van der Waals surface area contributed by atoms with E-state index in [0.717, 1.165) is 5.56 Å². The molecule has 3 rings (SSSR count). The summed E-state index contributed by atoms with van der Waals surface area (Å²) in [5.74, 6) is -1.90. The van der Waals surface area contributed by atoms with E-state index in [-0.39, 0.29) is 18.0 Å². The molecule has 24 heavy (non-hydrogen) atoms. The van der Waals surface area contributed by atoms with Crippen LogP contribution in [0, 0.1) is 18.8 Å². The van der Waals surface area contributed by atoms with Crippen LogP contribution in [0.5, 0.6) is 0 Å². The van der Waals surface area contributed by atoms with E-state index < -0.39 is 23.4 Å². The van der Waals surface area contributed by atoms with Crippen molar-refractivity contribution in [2.75, 3.05) is 13.1 Å². The van der Waals surface area contributed by atoms with E-state index in [1.54, 1.807) is 18.3 Å². The van der Waals surface area contributed by atoms with E-state index in [1.165, 1.54) is 15.5 Å². The highest BCUT2D eigenvalue weighted by Gasteiger charge is 2.33. The number of fused-ring (bicyclic) bond motifs is 1. The highest BCUT2D eigenvalue weighted by molar-refractivity contribution is 5.94. The van der Waals surface area contributed by atoms with Crippen molar-refractivity contribution in [3.8, 4) is 0 Å². The number of pyridine rings is 1. The minimum absolute atomic E-state index is 0.0328. The summed E-state index contributed by atoms with van der Waals surface area (Å²) in [6.07, 6.45) is 3.41. The Hall–Kier alpha value is -2.70. The van der Waals surface area contributed by atoms with Crippen LogP contribution in [0.25, 0.3) is 5.65 Å². The van der Waals surface area contributed by atoms with Gasteiger partial charge in [-0.15, -0.1) is 0 Å². The summed E-state index contributed by atoms with van der Waals surface area (Å²) in [6.45, 7) is 4.36. The van der Waals surface area contributed by atoms with Crippen LogP contribution >= 0.6 is 0 Å². The fraction of sp³-hybridized carbons (Fsp3) is 0.412. The molecule has 1 N–H and O–H groups in total. The standard InChI is InChI=1S/C17H19N3O4/c1-10-3-4-20-14(6-10)18-7-13(16(20)22)15(21)19-8-11(2)5-12(9-19)17(23)24/h3-4,6-7,11-12H,5,8-9H2,1-2H3,(H,23,24). The monoisotopic (exact) mass is 329 g/mol. The van der Waals surface area contributed by atoms with Gasteiger partial charge in [-0.2, -0.15) is 0 Å². The van der Waals surface area contributed by atoms with Gasteiger partial charge in [0, 0.05) is 25.5 Å². The number of amides is 1. The lowest BCUT2D eigenvalue weighted by Gasteiger charge is -2.34. The number of aromatic nitrogens is 2. The van der Waals surface area contributed by atoms with Crippen molar-refractivity contribution >= 4 is 17.5 Å². The number of nitrogens with zero attached hydrogens (tertiary/aromatic N) is 3. The fourth-order valence-corrected chi connectivity index (χ4v) is 3.19. The quantitative estimate of drug-likeness (QED) is 0.893. The van der Waals surface area contributed by atoms with Gasteiger partial charge in [0.1, 0.15) is 11.2 Å². The van der Waals surface area contributed by atoms with Gasteiger partial charge >= 0.3 is 5.97 Å². The Morgan fingerprint density at radius 2 is 2.08 bits per heavy atom. The summed E-state index contributed by atoms with van der Waals surface area (Å²) < 4.78 is 1.34. The SMILES string of the molecule is Cc1ccn2c(=O)c(C(=O)N3CC(C)CC(C(=O)O)C3)cnc2c1. The van der Waals surface area contributed by atoms with Gasteiger partial charge in [-0.1, -0.05) is 6.92 Å². The third kappa shape index (κ3) is 2.89. The maximum Gasteiger partial charge on any atom is 0.308 e. The van der Waals surface area contributed by atoms with Crippen molar-refractivity contribution < 1.29 is 14.7 Å². The average Bonchev–Trinajstić information content (AvgIpc) is 2.53. The second-order valence-corrected chi connectivity index (χ2v) is 6.50. The van der Waals surface area contributed by atoms with Crippen molar-refractivity contribution in [2.24, 2.45) is 11.8 Å². The number of carboxylic acid groups (broad SMARTS) is 1. The summed E-state index contributed by atoms with van der Waals surface area (Å²) in [5.41, 5.74) is 0.979. The molecule has 2 aromatic heterocycles. The third-order valence-electron chi connectivity index (χ3n) is 4.39. The summed E-state index contributed by atoms with van der Waals surface area (Å²) in [6, 6.07) is 3.53. The molecule has 0 radical (unpaired) electrons. The fourth-order valence-electron chi connectivity index (χ4n) is 3.19. The molecule has 1 aliphatic rings. The Balaban J connectivity index is 1.96. The maximum atomic E-state index is 12.7. The Morgan fingerprint density at radius 3 is 2.79 bits per heavy atom. The van der Waals surface area contributed by atoms with Crippen LogP contribution in [0.4, 0.5) is 0 Å². The molecule has 2 atom stereocenters. The Morgan fingerprint density at radius 1 is 1.33 bits per heavy atom. The van der Waals surface area contributed by atoms with Crippen molar-refractivity contribution in [3.63, 3.8) is 0 Å². The molecule has 126 valence electrons. The van der Waals surface area contributed by atoms with Gasteiger partial charge in [0.25, 0.3) is 11.5 Å². The predicted octanol–water partition coefficient (Wildman–Crippen LogP) is 1.19. The first-order valence-corrected chi connectivity index (χ1v) is 7.87. The number of carbonyl (C=O) groups is 2.